The fraction of sp³-hybridized carbons (Fsp3) is 0.500. The maximum Gasteiger partial charge on any atom is 0.416 e. The Hall–Kier alpha value is -3.24. The van der Waals surface area contributed by atoms with Crippen molar-refractivity contribution in [1.29, 1.82) is 0 Å². The van der Waals surface area contributed by atoms with Gasteiger partial charge in [0.2, 0.25) is 12.2 Å². The van der Waals surface area contributed by atoms with Crippen molar-refractivity contribution in [3.63, 3.8) is 0 Å². The van der Waals surface area contributed by atoms with E-state index in [-0.39, 0.29) is 29.6 Å². The first-order valence-electron chi connectivity index (χ1n) is 11.8. The molecule has 1 N–H and O–H groups in total. The Morgan fingerprint density at radius 3 is 2.40 bits per heavy atom. The summed E-state index contributed by atoms with van der Waals surface area (Å²) in [6.45, 7) is 0.658. The molecular weight excluding hydrogens is 464 g/mol. The molecule has 0 atom stereocenters. The van der Waals surface area contributed by atoms with Gasteiger partial charge in [0.15, 0.2) is 17.5 Å². The molecule has 11 heteroatoms. The minimum Gasteiger partial charge on any atom is -0.366 e. The maximum atomic E-state index is 15.6. The smallest absolute Gasteiger partial charge is 0.366 e. The van der Waals surface area contributed by atoms with Gasteiger partial charge in [-0.15, -0.1) is 0 Å². The molecule has 2 aliphatic carbocycles. The lowest BCUT2D eigenvalue weighted by molar-refractivity contribution is -0.137. The van der Waals surface area contributed by atoms with Crippen LogP contribution < -0.4 is 10.2 Å². The van der Waals surface area contributed by atoms with E-state index in [1.807, 2.05) is 0 Å². The molecule has 1 aromatic carbocycles. The molecule has 0 spiro atoms. The first-order valence-corrected chi connectivity index (χ1v) is 11.8. The van der Waals surface area contributed by atoms with Gasteiger partial charge >= 0.3 is 6.18 Å². The highest BCUT2D eigenvalue weighted by Gasteiger charge is 2.39. The second-order valence-corrected chi connectivity index (χ2v) is 9.36. The monoisotopic (exact) mass is 490 g/mol. The quantitative estimate of drug-likeness (QED) is 0.418. The zero-order valence-electron chi connectivity index (χ0n) is 19.1. The van der Waals surface area contributed by atoms with Crippen molar-refractivity contribution < 1.29 is 22.1 Å². The summed E-state index contributed by atoms with van der Waals surface area (Å²) in [4.78, 5) is 14.4. The standard InChI is InChI=1S/C24H26F4N6O/c25-19-20(29-13-23(10-2-1-3-11-23)22-32-15-35-33-22)30-14-31-21(19)34(18-8-9-18)12-16-4-6-17(7-5-16)24(26,27)28/h4-7,14-15,18H,1-3,8-13H2,(H,29,30,31). The van der Waals surface area contributed by atoms with E-state index < -0.39 is 17.6 Å². The molecule has 2 heterocycles. The third-order valence-electron chi connectivity index (χ3n) is 6.91. The summed E-state index contributed by atoms with van der Waals surface area (Å²) in [5, 5.41) is 7.22. The number of anilines is 2. The Morgan fingerprint density at radius 2 is 1.77 bits per heavy atom. The van der Waals surface area contributed by atoms with Crippen molar-refractivity contribution in [2.24, 2.45) is 0 Å². The predicted molar refractivity (Wildman–Crippen MR) is 120 cm³/mol. The van der Waals surface area contributed by atoms with Gasteiger partial charge in [-0.1, -0.05) is 36.6 Å². The first-order chi connectivity index (χ1) is 16.9. The van der Waals surface area contributed by atoms with Crippen molar-refractivity contribution in [3.8, 4) is 0 Å². The summed E-state index contributed by atoms with van der Waals surface area (Å²) in [7, 11) is 0. The summed E-state index contributed by atoms with van der Waals surface area (Å²) >= 11 is 0. The van der Waals surface area contributed by atoms with Gasteiger partial charge in [0.1, 0.15) is 6.33 Å². The maximum absolute atomic E-state index is 15.6. The number of nitrogens with one attached hydrogen (secondary N) is 1. The number of aromatic nitrogens is 4. The van der Waals surface area contributed by atoms with E-state index >= 15 is 4.39 Å². The van der Waals surface area contributed by atoms with Crippen LogP contribution in [0.3, 0.4) is 0 Å². The third-order valence-corrected chi connectivity index (χ3v) is 6.91. The highest BCUT2D eigenvalue weighted by molar-refractivity contribution is 5.53. The van der Waals surface area contributed by atoms with E-state index in [2.05, 4.69) is 25.4 Å². The largest absolute Gasteiger partial charge is 0.416 e. The van der Waals surface area contributed by atoms with Gasteiger partial charge in [0.25, 0.3) is 0 Å². The summed E-state index contributed by atoms with van der Waals surface area (Å²) in [6.07, 6.45) is 4.86. The normalized spacial score (nSPS) is 17.8. The first kappa shape index (κ1) is 23.5. The van der Waals surface area contributed by atoms with E-state index in [0.29, 0.717) is 17.9 Å². The highest BCUT2D eigenvalue weighted by atomic mass is 19.4. The van der Waals surface area contributed by atoms with Gasteiger partial charge in [-0.25, -0.2) is 9.97 Å². The summed E-state index contributed by atoms with van der Waals surface area (Å²) in [5.41, 5.74) is -0.424. The molecule has 0 aliphatic heterocycles. The van der Waals surface area contributed by atoms with Crippen LogP contribution in [0.1, 0.15) is 61.9 Å². The van der Waals surface area contributed by atoms with E-state index in [1.54, 1.807) is 4.90 Å². The molecule has 2 aromatic heterocycles. The Balaban J connectivity index is 1.35. The van der Waals surface area contributed by atoms with Crippen molar-refractivity contribution in [3.05, 3.63) is 59.8 Å². The van der Waals surface area contributed by atoms with E-state index in [9.17, 15) is 13.2 Å². The average Bonchev–Trinajstić information content (AvgIpc) is 3.54. The third kappa shape index (κ3) is 5.08. The van der Waals surface area contributed by atoms with Gasteiger partial charge in [-0.05, 0) is 43.4 Å². The number of hydrogen-bond acceptors (Lipinski definition) is 7. The van der Waals surface area contributed by atoms with Crippen molar-refractivity contribution in [2.75, 3.05) is 16.8 Å². The fourth-order valence-electron chi connectivity index (χ4n) is 4.81. The molecule has 5 rings (SSSR count). The Bertz CT molecular complexity index is 1130. The van der Waals surface area contributed by atoms with Gasteiger partial charge < -0.3 is 14.7 Å². The lowest BCUT2D eigenvalue weighted by atomic mass is 9.73. The van der Waals surface area contributed by atoms with E-state index in [4.69, 9.17) is 4.52 Å². The minimum absolute atomic E-state index is 0.0820. The summed E-state index contributed by atoms with van der Waals surface area (Å²) in [6, 6.07) is 5.03. The van der Waals surface area contributed by atoms with Crippen LogP contribution in [-0.2, 0) is 18.1 Å². The van der Waals surface area contributed by atoms with Crippen molar-refractivity contribution in [1.82, 2.24) is 20.1 Å². The topological polar surface area (TPSA) is 80.0 Å². The highest BCUT2D eigenvalue weighted by Crippen LogP contribution is 2.39. The Labute approximate surface area is 200 Å². The van der Waals surface area contributed by atoms with Crippen LogP contribution in [0.2, 0.25) is 0 Å². The second-order valence-electron chi connectivity index (χ2n) is 9.36. The van der Waals surface area contributed by atoms with Gasteiger partial charge in [0, 0.05) is 19.1 Å². The lowest BCUT2D eigenvalue weighted by Crippen LogP contribution is -2.38. The zero-order valence-corrected chi connectivity index (χ0v) is 19.1. The molecule has 2 saturated carbocycles. The van der Waals surface area contributed by atoms with Crippen LogP contribution in [0.15, 0.2) is 41.5 Å². The number of hydrogen-bond donors (Lipinski definition) is 1. The number of halogens is 4. The van der Waals surface area contributed by atoms with Crippen LogP contribution in [0.5, 0.6) is 0 Å². The number of alkyl halides is 3. The number of nitrogens with zero attached hydrogens (tertiary/aromatic N) is 5. The molecular formula is C24H26F4N6O. The molecule has 0 radical (unpaired) electrons. The number of benzene rings is 1. The van der Waals surface area contributed by atoms with Crippen molar-refractivity contribution in [2.45, 2.75) is 69.1 Å². The van der Waals surface area contributed by atoms with Gasteiger partial charge in [-0.2, -0.15) is 22.5 Å². The SMILES string of the molecule is Fc1c(NCC2(c3ncon3)CCCCC2)ncnc1N(Cc1ccc(C(F)(F)F)cc1)C1CC1. The zero-order chi connectivity index (χ0) is 24.5. The lowest BCUT2D eigenvalue weighted by Gasteiger charge is -2.34. The van der Waals surface area contributed by atoms with Gasteiger partial charge in [0.05, 0.1) is 11.0 Å². The molecule has 0 amide bonds. The summed E-state index contributed by atoms with van der Waals surface area (Å²) < 4.78 is 59.3. The van der Waals surface area contributed by atoms with Crippen LogP contribution in [0.25, 0.3) is 0 Å². The van der Waals surface area contributed by atoms with Crippen LogP contribution in [-0.4, -0.2) is 32.7 Å². The molecule has 186 valence electrons. The molecule has 3 aromatic rings. The minimum atomic E-state index is -4.40. The molecule has 7 nitrogen and oxygen atoms in total. The molecule has 35 heavy (non-hydrogen) atoms. The van der Waals surface area contributed by atoms with Gasteiger partial charge in [-0.3, -0.25) is 0 Å². The van der Waals surface area contributed by atoms with Crippen molar-refractivity contribution >= 4 is 11.6 Å². The van der Waals surface area contributed by atoms with Crippen LogP contribution >= 0.6 is 0 Å². The number of rotatable bonds is 8. The summed E-state index contributed by atoms with van der Waals surface area (Å²) in [5.74, 6) is 0.260. The van der Waals surface area contributed by atoms with Crippen LogP contribution in [0, 0.1) is 5.82 Å². The Morgan fingerprint density at radius 1 is 1.03 bits per heavy atom. The fourth-order valence-corrected chi connectivity index (χ4v) is 4.81. The molecule has 2 fully saturated rings. The molecule has 0 bridgehead atoms. The molecule has 2 aliphatic rings. The molecule has 0 saturated heterocycles. The van der Waals surface area contributed by atoms with Crippen LogP contribution in [0.4, 0.5) is 29.2 Å². The predicted octanol–water partition coefficient (Wildman–Crippen LogP) is 5.50. The average molecular weight is 491 g/mol. The molecule has 0 unspecified atom stereocenters. The van der Waals surface area contributed by atoms with E-state index in [0.717, 1.165) is 57.1 Å². The van der Waals surface area contributed by atoms with E-state index in [1.165, 1.54) is 24.9 Å². The Kier molecular flexibility index (Phi) is 6.33. The second kappa shape index (κ2) is 9.43.